The normalized spacial score (nSPS) is 14.8. The smallest absolute Gasteiger partial charge is 0.256 e. The van der Waals surface area contributed by atoms with Gasteiger partial charge in [-0.3, -0.25) is 4.79 Å². The Morgan fingerprint density at radius 3 is 2.42 bits per heavy atom. The van der Waals surface area contributed by atoms with Gasteiger partial charge in [0.1, 0.15) is 11.6 Å². The summed E-state index contributed by atoms with van der Waals surface area (Å²) in [7, 11) is 0. The van der Waals surface area contributed by atoms with Crippen LogP contribution in [-0.4, -0.2) is 37.0 Å². The number of carbonyl (C=O) groups is 1. The summed E-state index contributed by atoms with van der Waals surface area (Å²) < 4.78 is 26.8. The molecule has 2 aromatic carbocycles. The summed E-state index contributed by atoms with van der Waals surface area (Å²) >= 11 is 6.06. The molecule has 2 aromatic rings. The van der Waals surface area contributed by atoms with Crippen molar-refractivity contribution in [3.8, 4) is 0 Å². The zero-order chi connectivity index (χ0) is 17.3. The monoisotopic (exact) mass is 350 g/mol. The Kier molecular flexibility index (Phi) is 4.71. The van der Waals surface area contributed by atoms with E-state index < -0.39 is 17.5 Å². The molecule has 1 aliphatic rings. The van der Waals surface area contributed by atoms with Gasteiger partial charge in [0.2, 0.25) is 0 Å². The summed E-state index contributed by atoms with van der Waals surface area (Å²) in [5.74, 6) is -1.92. The van der Waals surface area contributed by atoms with Crippen molar-refractivity contribution >= 4 is 23.2 Å². The van der Waals surface area contributed by atoms with Crippen LogP contribution in [0.1, 0.15) is 15.9 Å². The number of benzene rings is 2. The molecule has 0 radical (unpaired) electrons. The van der Waals surface area contributed by atoms with Crippen molar-refractivity contribution in [2.24, 2.45) is 0 Å². The molecule has 0 bridgehead atoms. The van der Waals surface area contributed by atoms with Crippen LogP contribution in [0.15, 0.2) is 36.4 Å². The number of halogens is 3. The zero-order valence-electron chi connectivity index (χ0n) is 13.2. The van der Waals surface area contributed by atoms with E-state index in [0.717, 1.165) is 23.4 Å². The summed E-state index contributed by atoms with van der Waals surface area (Å²) in [5.41, 5.74) is 2.06. The standard InChI is InChI=1S/C18H17ClF2N2O/c1-12-2-3-13(19)10-17(12)22-6-8-23(9-7-22)18(24)15-5-4-14(20)11-16(15)21/h2-5,10-11H,6-9H2,1H3. The topological polar surface area (TPSA) is 23.6 Å². The Morgan fingerprint density at radius 2 is 1.75 bits per heavy atom. The fourth-order valence-electron chi connectivity index (χ4n) is 2.91. The number of anilines is 1. The van der Waals surface area contributed by atoms with Crippen molar-refractivity contribution in [3.63, 3.8) is 0 Å². The summed E-state index contributed by atoms with van der Waals surface area (Å²) in [6, 6.07) is 8.75. The van der Waals surface area contributed by atoms with Crippen molar-refractivity contribution in [3.05, 3.63) is 64.2 Å². The molecule has 3 nitrogen and oxygen atoms in total. The van der Waals surface area contributed by atoms with Crippen molar-refractivity contribution in [2.45, 2.75) is 6.92 Å². The van der Waals surface area contributed by atoms with E-state index in [1.807, 2.05) is 25.1 Å². The predicted octanol–water partition coefficient (Wildman–Crippen LogP) is 3.89. The lowest BCUT2D eigenvalue weighted by Crippen LogP contribution is -2.49. The molecule has 0 aliphatic carbocycles. The maximum Gasteiger partial charge on any atom is 0.256 e. The van der Waals surface area contributed by atoms with Crippen LogP contribution in [-0.2, 0) is 0 Å². The fraction of sp³-hybridized carbons (Fsp3) is 0.278. The second-order valence-corrected chi connectivity index (χ2v) is 6.27. The molecule has 3 rings (SSSR count). The molecule has 1 aliphatic heterocycles. The number of carbonyl (C=O) groups excluding carboxylic acids is 1. The van der Waals surface area contributed by atoms with Gasteiger partial charge in [-0.1, -0.05) is 17.7 Å². The molecule has 0 atom stereocenters. The van der Waals surface area contributed by atoms with Gasteiger partial charge >= 0.3 is 0 Å². The van der Waals surface area contributed by atoms with E-state index in [1.54, 1.807) is 4.90 Å². The highest BCUT2D eigenvalue weighted by atomic mass is 35.5. The number of nitrogens with zero attached hydrogens (tertiary/aromatic N) is 2. The minimum Gasteiger partial charge on any atom is -0.368 e. The minimum absolute atomic E-state index is 0.0937. The van der Waals surface area contributed by atoms with Gasteiger partial charge in [0.15, 0.2) is 0 Å². The largest absolute Gasteiger partial charge is 0.368 e. The summed E-state index contributed by atoms with van der Waals surface area (Å²) in [6.07, 6.45) is 0. The molecule has 0 N–H and O–H groups in total. The molecule has 1 fully saturated rings. The first-order valence-electron chi connectivity index (χ1n) is 7.71. The lowest BCUT2D eigenvalue weighted by Gasteiger charge is -2.37. The average molecular weight is 351 g/mol. The fourth-order valence-corrected chi connectivity index (χ4v) is 3.07. The Balaban J connectivity index is 1.70. The van der Waals surface area contributed by atoms with Crippen LogP contribution >= 0.6 is 11.6 Å². The van der Waals surface area contributed by atoms with E-state index in [0.29, 0.717) is 31.2 Å². The van der Waals surface area contributed by atoms with E-state index in [1.165, 1.54) is 6.07 Å². The molecule has 0 aromatic heterocycles. The van der Waals surface area contributed by atoms with Crippen molar-refractivity contribution < 1.29 is 13.6 Å². The van der Waals surface area contributed by atoms with Crippen molar-refractivity contribution in [1.29, 1.82) is 0 Å². The molecule has 0 saturated carbocycles. The van der Waals surface area contributed by atoms with Crippen molar-refractivity contribution in [1.82, 2.24) is 4.90 Å². The Labute approximate surface area is 144 Å². The van der Waals surface area contributed by atoms with E-state index in [9.17, 15) is 13.6 Å². The highest BCUT2D eigenvalue weighted by Gasteiger charge is 2.25. The minimum atomic E-state index is -0.826. The number of rotatable bonds is 2. The van der Waals surface area contributed by atoms with Crippen LogP contribution in [0.2, 0.25) is 5.02 Å². The Bertz CT molecular complexity index is 774. The number of hydrogen-bond acceptors (Lipinski definition) is 2. The zero-order valence-corrected chi connectivity index (χ0v) is 14.0. The van der Waals surface area contributed by atoms with Crippen LogP contribution in [0.5, 0.6) is 0 Å². The third-order valence-electron chi connectivity index (χ3n) is 4.24. The molecule has 6 heteroatoms. The van der Waals surface area contributed by atoms with Crippen LogP contribution < -0.4 is 4.90 Å². The van der Waals surface area contributed by atoms with Gasteiger partial charge in [-0.25, -0.2) is 8.78 Å². The Hall–Kier alpha value is -2.14. The maximum absolute atomic E-state index is 13.8. The molecular weight excluding hydrogens is 334 g/mol. The van der Waals surface area contributed by atoms with Gasteiger partial charge in [-0.05, 0) is 36.8 Å². The summed E-state index contributed by atoms with van der Waals surface area (Å²) in [6.45, 7) is 4.23. The molecule has 24 heavy (non-hydrogen) atoms. The molecule has 126 valence electrons. The molecular formula is C18H17ClF2N2O. The lowest BCUT2D eigenvalue weighted by atomic mass is 10.1. The maximum atomic E-state index is 13.8. The van der Waals surface area contributed by atoms with E-state index in [2.05, 4.69) is 4.90 Å². The van der Waals surface area contributed by atoms with Gasteiger partial charge in [0.05, 0.1) is 5.56 Å². The first kappa shape index (κ1) is 16.7. The van der Waals surface area contributed by atoms with Crippen LogP contribution in [0, 0.1) is 18.6 Å². The van der Waals surface area contributed by atoms with E-state index in [4.69, 9.17) is 11.6 Å². The van der Waals surface area contributed by atoms with Crippen LogP contribution in [0.4, 0.5) is 14.5 Å². The molecule has 0 spiro atoms. The van der Waals surface area contributed by atoms with E-state index >= 15 is 0 Å². The number of aryl methyl sites for hydroxylation is 1. The highest BCUT2D eigenvalue weighted by Crippen LogP contribution is 2.25. The molecule has 0 unspecified atom stereocenters. The van der Waals surface area contributed by atoms with Gasteiger partial charge in [0.25, 0.3) is 5.91 Å². The lowest BCUT2D eigenvalue weighted by molar-refractivity contribution is 0.0742. The second-order valence-electron chi connectivity index (χ2n) is 5.83. The third kappa shape index (κ3) is 3.36. The third-order valence-corrected chi connectivity index (χ3v) is 4.48. The van der Waals surface area contributed by atoms with Gasteiger partial charge in [-0.15, -0.1) is 0 Å². The van der Waals surface area contributed by atoms with Gasteiger partial charge in [-0.2, -0.15) is 0 Å². The number of hydrogen-bond donors (Lipinski definition) is 0. The van der Waals surface area contributed by atoms with Crippen LogP contribution in [0.3, 0.4) is 0 Å². The highest BCUT2D eigenvalue weighted by molar-refractivity contribution is 6.30. The first-order chi connectivity index (χ1) is 11.5. The van der Waals surface area contributed by atoms with Gasteiger partial charge < -0.3 is 9.80 Å². The first-order valence-corrected chi connectivity index (χ1v) is 8.09. The number of piperazine rings is 1. The molecule has 1 saturated heterocycles. The van der Waals surface area contributed by atoms with Crippen LogP contribution in [0.25, 0.3) is 0 Å². The number of amides is 1. The van der Waals surface area contributed by atoms with E-state index in [-0.39, 0.29) is 5.56 Å². The predicted molar refractivity (Wildman–Crippen MR) is 90.7 cm³/mol. The SMILES string of the molecule is Cc1ccc(Cl)cc1N1CCN(C(=O)c2ccc(F)cc2F)CC1. The molecule has 1 amide bonds. The van der Waals surface area contributed by atoms with Gasteiger partial charge in [0, 0.05) is 43.0 Å². The second kappa shape index (κ2) is 6.77. The summed E-state index contributed by atoms with van der Waals surface area (Å²) in [5, 5.41) is 0.669. The van der Waals surface area contributed by atoms with Crippen molar-refractivity contribution in [2.75, 3.05) is 31.1 Å². The average Bonchev–Trinajstić information content (AvgIpc) is 2.57. The summed E-state index contributed by atoms with van der Waals surface area (Å²) in [4.78, 5) is 16.2. The molecule has 1 heterocycles. The quantitative estimate of drug-likeness (QED) is 0.820. The Morgan fingerprint density at radius 1 is 1.04 bits per heavy atom.